The molecule has 1 aliphatic carbocycles. The average Bonchev–Trinajstić information content (AvgIpc) is 3.53. The molecule has 3 aromatic rings. The van der Waals surface area contributed by atoms with Gasteiger partial charge in [0.05, 0.1) is 18.4 Å². The highest BCUT2D eigenvalue weighted by Gasteiger charge is 2.23. The molecule has 1 fully saturated rings. The molecule has 1 amide bonds. The Morgan fingerprint density at radius 2 is 2.03 bits per heavy atom. The summed E-state index contributed by atoms with van der Waals surface area (Å²) in [7, 11) is 3.73. The molecule has 0 atom stereocenters. The van der Waals surface area contributed by atoms with Gasteiger partial charge in [-0.25, -0.2) is 4.98 Å². The van der Waals surface area contributed by atoms with Crippen LogP contribution in [0.15, 0.2) is 65.8 Å². The molecular formula is C25H30N6O2. The first kappa shape index (κ1) is 22.4. The third kappa shape index (κ3) is 6.58. The van der Waals surface area contributed by atoms with Gasteiger partial charge in [0.2, 0.25) is 0 Å². The highest BCUT2D eigenvalue weighted by molar-refractivity contribution is 5.79. The first-order valence-electron chi connectivity index (χ1n) is 11.1. The van der Waals surface area contributed by atoms with Crippen LogP contribution in [0.25, 0.3) is 11.3 Å². The van der Waals surface area contributed by atoms with Crippen LogP contribution in [0.3, 0.4) is 0 Å². The Hall–Kier alpha value is -3.81. The average molecular weight is 447 g/mol. The second-order valence-corrected chi connectivity index (χ2v) is 8.14. The van der Waals surface area contributed by atoms with Gasteiger partial charge < -0.3 is 25.3 Å². The number of aliphatic imine (C=N–C) groups is 1. The summed E-state index contributed by atoms with van der Waals surface area (Å²) in [5.74, 6) is 2.21. The van der Waals surface area contributed by atoms with Crippen molar-refractivity contribution in [2.24, 2.45) is 4.99 Å². The monoisotopic (exact) mass is 446 g/mol. The number of amides is 1. The Morgan fingerprint density at radius 1 is 1.21 bits per heavy atom. The zero-order valence-corrected chi connectivity index (χ0v) is 19.0. The fraction of sp³-hybridized carbons (Fsp3) is 0.320. The highest BCUT2D eigenvalue weighted by atomic mass is 16.5. The molecule has 0 radical (unpaired) electrons. The molecule has 1 aliphatic rings. The number of hydrogen-bond donors (Lipinski definition) is 3. The van der Waals surface area contributed by atoms with Gasteiger partial charge in [-0.2, -0.15) is 0 Å². The Bertz CT molecular complexity index is 1090. The number of aromatic nitrogens is 2. The van der Waals surface area contributed by atoms with Crippen molar-refractivity contribution in [1.29, 1.82) is 0 Å². The van der Waals surface area contributed by atoms with Crippen molar-refractivity contribution < 1.29 is 9.53 Å². The van der Waals surface area contributed by atoms with Gasteiger partial charge in [0.15, 0.2) is 12.6 Å². The lowest BCUT2D eigenvalue weighted by Gasteiger charge is -2.21. The van der Waals surface area contributed by atoms with E-state index in [0.29, 0.717) is 24.9 Å². The Morgan fingerprint density at radius 3 is 2.79 bits per heavy atom. The molecular weight excluding hydrogens is 416 g/mol. The molecule has 1 heterocycles. The van der Waals surface area contributed by atoms with Gasteiger partial charge in [0.25, 0.3) is 5.91 Å². The van der Waals surface area contributed by atoms with E-state index in [1.54, 1.807) is 7.05 Å². The largest absolute Gasteiger partial charge is 0.484 e. The number of nitrogens with zero attached hydrogens (tertiary/aromatic N) is 3. The highest BCUT2D eigenvalue weighted by Crippen LogP contribution is 2.19. The van der Waals surface area contributed by atoms with Crippen LogP contribution in [-0.4, -0.2) is 53.5 Å². The SMILES string of the molecule is CN=C(NCc1cccc(OCC(=O)NC2CC2)c1)N(C)Cc1ncc(-c2ccccc2)[nH]1. The second-order valence-electron chi connectivity index (χ2n) is 8.14. The fourth-order valence-corrected chi connectivity index (χ4v) is 3.46. The van der Waals surface area contributed by atoms with Crippen molar-refractivity contribution in [2.75, 3.05) is 20.7 Å². The van der Waals surface area contributed by atoms with E-state index in [0.717, 1.165) is 41.4 Å². The standard InChI is InChI=1S/C25H30N6O2/c1-26-25(31(2)16-23-27-15-22(30-23)19-8-4-3-5-9-19)28-14-18-7-6-10-21(13-18)33-17-24(32)29-20-11-12-20/h3-10,13,15,20H,11-12,14,16-17H2,1-2H3,(H,26,28)(H,27,30)(H,29,32). The van der Waals surface area contributed by atoms with Gasteiger partial charge in [0, 0.05) is 26.7 Å². The number of H-pyrrole nitrogens is 1. The van der Waals surface area contributed by atoms with Gasteiger partial charge in [-0.1, -0.05) is 42.5 Å². The number of ether oxygens (including phenoxy) is 1. The summed E-state index contributed by atoms with van der Waals surface area (Å²) in [6, 6.07) is 18.2. The van der Waals surface area contributed by atoms with Gasteiger partial charge in [0.1, 0.15) is 11.6 Å². The Kier molecular flexibility index (Phi) is 7.24. The predicted molar refractivity (Wildman–Crippen MR) is 129 cm³/mol. The lowest BCUT2D eigenvalue weighted by atomic mass is 10.2. The smallest absolute Gasteiger partial charge is 0.258 e. The van der Waals surface area contributed by atoms with Gasteiger partial charge in [-0.3, -0.25) is 9.79 Å². The minimum Gasteiger partial charge on any atom is -0.484 e. The normalized spacial score (nSPS) is 13.5. The number of imidazole rings is 1. The summed E-state index contributed by atoms with van der Waals surface area (Å²) >= 11 is 0. The summed E-state index contributed by atoms with van der Waals surface area (Å²) in [6.45, 7) is 1.20. The van der Waals surface area contributed by atoms with E-state index in [1.165, 1.54) is 0 Å². The number of nitrogens with one attached hydrogen (secondary N) is 3. The summed E-state index contributed by atoms with van der Waals surface area (Å²) in [6.07, 6.45) is 3.98. The van der Waals surface area contributed by atoms with E-state index in [-0.39, 0.29) is 12.5 Å². The number of carbonyl (C=O) groups is 1. The Balaban J connectivity index is 1.28. The number of benzene rings is 2. The number of rotatable bonds is 9. The van der Waals surface area contributed by atoms with Crippen molar-refractivity contribution in [3.05, 3.63) is 72.2 Å². The lowest BCUT2D eigenvalue weighted by Crippen LogP contribution is -2.38. The van der Waals surface area contributed by atoms with Crippen molar-refractivity contribution in [3.63, 3.8) is 0 Å². The first-order valence-corrected chi connectivity index (χ1v) is 11.1. The van der Waals surface area contributed by atoms with E-state index < -0.39 is 0 Å². The molecule has 0 saturated heterocycles. The molecule has 2 aromatic carbocycles. The summed E-state index contributed by atoms with van der Waals surface area (Å²) < 4.78 is 5.64. The van der Waals surface area contributed by atoms with Crippen LogP contribution in [0, 0.1) is 0 Å². The quantitative estimate of drug-likeness (QED) is 0.347. The van der Waals surface area contributed by atoms with Crippen molar-refractivity contribution in [3.8, 4) is 17.0 Å². The van der Waals surface area contributed by atoms with Gasteiger partial charge >= 0.3 is 0 Å². The zero-order valence-electron chi connectivity index (χ0n) is 19.0. The van der Waals surface area contributed by atoms with E-state index in [2.05, 4.69) is 37.7 Å². The third-order valence-electron chi connectivity index (χ3n) is 5.34. The van der Waals surface area contributed by atoms with Crippen LogP contribution in [0.2, 0.25) is 0 Å². The summed E-state index contributed by atoms with van der Waals surface area (Å²) in [5, 5.41) is 6.29. The van der Waals surface area contributed by atoms with Crippen LogP contribution in [0.4, 0.5) is 0 Å². The fourth-order valence-electron chi connectivity index (χ4n) is 3.46. The molecule has 0 aliphatic heterocycles. The minimum atomic E-state index is -0.0728. The molecule has 1 aromatic heterocycles. The maximum atomic E-state index is 11.8. The van der Waals surface area contributed by atoms with E-state index >= 15 is 0 Å². The lowest BCUT2D eigenvalue weighted by molar-refractivity contribution is -0.123. The molecule has 0 bridgehead atoms. The predicted octanol–water partition coefficient (Wildman–Crippen LogP) is 2.94. The van der Waals surface area contributed by atoms with Crippen molar-refractivity contribution in [1.82, 2.24) is 25.5 Å². The van der Waals surface area contributed by atoms with Crippen molar-refractivity contribution >= 4 is 11.9 Å². The maximum Gasteiger partial charge on any atom is 0.258 e. The third-order valence-corrected chi connectivity index (χ3v) is 5.34. The molecule has 3 N–H and O–H groups in total. The maximum absolute atomic E-state index is 11.8. The Labute approximate surface area is 194 Å². The van der Waals surface area contributed by atoms with Crippen LogP contribution < -0.4 is 15.4 Å². The molecule has 172 valence electrons. The van der Waals surface area contributed by atoms with Gasteiger partial charge in [-0.15, -0.1) is 0 Å². The van der Waals surface area contributed by atoms with Crippen LogP contribution in [0.5, 0.6) is 5.75 Å². The number of guanidine groups is 1. The second kappa shape index (κ2) is 10.7. The first-order chi connectivity index (χ1) is 16.1. The summed E-state index contributed by atoms with van der Waals surface area (Å²) in [5.41, 5.74) is 3.13. The van der Waals surface area contributed by atoms with Gasteiger partial charge in [-0.05, 0) is 36.1 Å². The molecule has 33 heavy (non-hydrogen) atoms. The molecule has 1 saturated carbocycles. The zero-order chi connectivity index (χ0) is 23.0. The van der Waals surface area contributed by atoms with E-state index in [4.69, 9.17) is 4.74 Å². The van der Waals surface area contributed by atoms with Crippen LogP contribution in [0.1, 0.15) is 24.2 Å². The van der Waals surface area contributed by atoms with Crippen LogP contribution >= 0.6 is 0 Å². The molecule has 8 nitrogen and oxygen atoms in total. The summed E-state index contributed by atoms with van der Waals surface area (Å²) in [4.78, 5) is 26.1. The molecule has 0 unspecified atom stereocenters. The van der Waals surface area contributed by atoms with Crippen molar-refractivity contribution in [2.45, 2.75) is 32.0 Å². The molecule has 0 spiro atoms. The molecule has 4 rings (SSSR count). The number of hydrogen-bond acceptors (Lipinski definition) is 4. The number of carbonyl (C=O) groups excluding carboxylic acids is 1. The minimum absolute atomic E-state index is 0.0336. The van der Waals surface area contributed by atoms with Crippen LogP contribution in [-0.2, 0) is 17.9 Å². The number of aromatic amines is 1. The molecule has 8 heteroatoms. The topological polar surface area (TPSA) is 94.6 Å². The van der Waals surface area contributed by atoms with E-state index in [9.17, 15) is 4.79 Å². The van der Waals surface area contributed by atoms with E-state index in [1.807, 2.05) is 60.6 Å².